The molecule has 1 aliphatic rings. The molecule has 2 aromatic rings. The minimum absolute atomic E-state index is 0.0125. The third-order valence-corrected chi connectivity index (χ3v) is 4.59. The summed E-state index contributed by atoms with van der Waals surface area (Å²) in [5.74, 6) is -0.338. The molecule has 0 spiro atoms. The Morgan fingerprint density at radius 2 is 2.21 bits per heavy atom. The molecule has 6 nitrogen and oxygen atoms in total. The zero-order valence-electron chi connectivity index (χ0n) is 14.0. The van der Waals surface area contributed by atoms with Gasteiger partial charge in [-0.05, 0) is 31.0 Å². The first-order valence-electron chi connectivity index (χ1n) is 8.16. The van der Waals surface area contributed by atoms with Gasteiger partial charge in [-0.2, -0.15) is 0 Å². The molecule has 0 unspecified atom stereocenters. The average molecular weight is 326 g/mol. The third kappa shape index (κ3) is 3.32. The first-order valence-corrected chi connectivity index (χ1v) is 8.16. The Kier molecular flexibility index (Phi) is 4.64. The lowest BCUT2D eigenvalue weighted by atomic mass is 10.1. The van der Waals surface area contributed by atoms with Gasteiger partial charge in [0.15, 0.2) is 0 Å². The van der Waals surface area contributed by atoms with Crippen molar-refractivity contribution in [1.29, 1.82) is 0 Å². The average Bonchev–Trinajstić information content (AvgIpc) is 3.20. The lowest BCUT2D eigenvalue weighted by Gasteiger charge is -2.20. The number of aryl methyl sites for hydroxylation is 1. The molecule has 2 amide bonds. The second-order valence-corrected chi connectivity index (χ2v) is 6.22. The fourth-order valence-electron chi connectivity index (χ4n) is 3.02. The van der Waals surface area contributed by atoms with Crippen molar-refractivity contribution in [2.75, 3.05) is 18.0 Å². The molecule has 24 heavy (non-hydrogen) atoms. The molecule has 2 heterocycles. The van der Waals surface area contributed by atoms with Crippen LogP contribution in [0.1, 0.15) is 17.5 Å². The van der Waals surface area contributed by atoms with Gasteiger partial charge in [-0.1, -0.05) is 12.1 Å². The van der Waals surface area contributed by atoms with Gasteiger partial charge in [0.25, 0.3) is 0 Å². The number of amides is 2. The number of hydrogen-bond donors (Lipinski definition) is 1. The molecular weight excluding hydrogens is 304 g/mol. The molecule has 1 aliphatic heterocycles. The van der Waals surface area contributed by atoms with E-state index in [0.717, 1.165) is 16.8 Å². The van der Waals surface area contributed by atoms with Crippen LogP contribution in [0, 0.1) is 19.8 Å². The monoisotopic (exact) mass is 326 g/mol. The molecule has 6 heteroatoms. The van der Waals surface area contributed by atoms with E-state index >= 15 is 0 Å². The molecule has 3 rings (SSSR count). The Morgan fingerprint density at radius 3 is 2.96 bits per heavy atom. The molecule has 0 radical (unpaired) electrons. The van der Waals surface area contributed by atoms with Crippen LogP contribution in [0.25, 0.3) is 0 Å². The summed E-state index contributed by atoms with van der Waals surface area (Å²) in [4.78, 5) is 30.4. The maximum Gasteiger partial charge on any atom is 0.227 e. The highest BCUT2D eigenvalue weighted by atomic mass is 16.2. The minimum atomic E-state index is -0.291. The number of imidazole rings is 1. The Morgan fingerprint density at radius 1 is 1.38 bits per heavy atom. The summed E-state index contributed by atoms with van der Waals surface area (Å²) in [6, 6.07) is 5.92. The van der Waals surface area contributed by atoms with Gasteiger partial charge in [-0.15, -0.1) is 0 Å². The van der Waals surface area contributed by atoms with Crippen LogP contribution in [0.4, 0.5) is 5.69 Å². The number of benzene rings is 1. The smallest absolute Gasteiger partial charge is 0.227 e. The van der Waals surface area contributed by atoms with E-state index in [9.17, 15) is 9.59 Å². The summed E-state index contributed by atoms with van der Waals surface area (Å²) >= 11 is 0. The SMILES string of the molecule is Cc1cccc(N2C[C@@H](C(=O)NCCn3ccnc3)CC2=O)c1C. The van der Waals surface area contributed by atoms with Crippen molar-refractivity contribution in [3.63, 3.8) is 0 Å². The summed E-state index contributed by atoms with van der Waals surface area (Å²) < 4.78 is 1.91. The highest BCUT2D eigenvalue weighted by molar-refractivity contribution is 6.00. The number of carbonyl (C=O) groups is 2. The fraction of sp³-hybridized carbons (Fsp3) is 0.389. The number of rotatable bonds is 5. The number of nitrogens with zero attached hydrogens (tertiary/aromatic N) is 3. The van der Waals surface area contributed by atoms with Gasteiger partial charge >= 0.3 is 0 Å². The lowest BCUT2D eigenvalue weighted by molar-refractivity contribution is -0.126. The van der Waals surface area contributed by atoms with Gasteiger partial charge < -0.3 is 14.8 Å². The largest absolute Gasteiger partial charge is 0.354 e. The summed E-state index contributed by atoms with van der Waals surface area (Å²) in [6.45, 7) is 5.69. The molecule has 1 N–H and O–H groups in total. The zero-order valence-corrected chi connectivity index (χ0v) is 14.0. The Bertz CT molecular complexity index is 739. The van der Waals surface area contributed by atoms with Crippen LogP contribution in [0.3, 0.4) is 0 Å². The predicted molar refractivity (Wildman–Crippen MR) is 91.6 cm³/mol. The van der Waals surface area contributed by atoms with Crippen LogP contribution in [-0.4, -0.2) is 34.5 Å². The second kappa shape index (κ2) is 6.86. The van der Waals surface area contributed by atoms with Gasteiger partial charge in [0.2, 0.25) is 11.8 Å². The van der Waals surface area contributed by atoms with Crippen molar-refractivity contribution in [2.45, 2.75) is 26.8 Å². The summed E-state index contributed by atoms with van der Waals surface area (Å²) in [6.07, 6.45) is 5.55. The molecule has 0 bridgehead atoms. The minimum Gasteiger partial charge on any atom is -0.354 e. The molecule has 0 saturated carbocycles. The van der Waals surface area contributed by atoms with Crippen molar-refractivity contribution in [3.05, 3.63) is 48.0 Å². The molecular formula is C18H22N4O2. The van der Waals surface area contributed by atoms with Gasteiger partial charge in [-0.3, -0.25) is 9.59 Å². The highest BCUT2D eigenvalue weighted by Crippen LogP contribution is 2.29. The van der Waals surface area contributed by atoms with Gasteiger partial charge in [0.05, 0.1) is 12.2 Å². The maximum atomic E-state index is 12.3. The molecule has 0 aliphatic carbocycles. The first kappa shape index (κ1) is 16.2. The van der Waals surface area contributed by atoms with Gasteiger partial charge in [0, 0.05) is 44.1 Å². The number of anilines is 1. The lowest BCUT2D eigenvalue weighted by Crippen LogP contribution is -2.34. The second-order valence-electron chi connectivity index (χ2n) is 6.22. The predicted octanol–water partition coefficient (Wildman–Crippen LogP) is 1.67. The van der Waals surface area contributed by atoms with Crippen LogP contribution in [0.15, 0.2) is 36.9 Å². The van der Waals surface area contributed by atoms with Gasteiger partial charge in [-0.25, -0.2) is 4.98 Å². The number of hydrogen-bond acceptors (Lipinski definition) is 3. The molecule has 1 saturated heterocycles. The summed E-state index contributed by atoms with van der Waals surface area (Å²) in [5, 5.41) is 2.92. The topological polar surface area (TPSA) is 67.2 Å². The third-order valence-electron chi connectivity index (χ3n) is 4.59. The van der Waals surface area contributed by atoms with E-state index in [4.69, 9.17) is 0 Å². The van der Waals surface area contributed by atoms with Crippen molar-refractivity contribution >= 4 is 17.5 Å². The molecule has 126 valence electrons. The highest BCUT2D eigenvalue weighted by Gasteiger charge is 2.35. The molecule has 1 atom stereocenters. The Hall–Kier alpha value is -2.63. The van der Waals surface area contributed by atoms with Crippen LogP contribution in [-0.2, 0) is 16.1 Å². The van der Waals surface area contributed by atoms with E-state index in [1.165, 1.54) is 0 Å². The molecule has 1 fully saturated rings. The quantitative estimate of drug-likeness (QED) is 0.909. The van der Waals surface area contributed by atoms with Gasteiger partial charge in [0.1, 0.15) is 0 Å². The summed E-state index contributed by atoms with van der Waals surface area (Å²) in [5.41, 5.74) is 3.15. The normalized spacial score (nSPS) is 17.3. The van der Waals surface area contributed by atoms with Crippen molar-refractivity contribution in [2.24, 2.45) is 5.92 Å². The molecule has 1 aromatic heterocycles. The van der Waals surface area contributed by atoms with Crippen LogP contribution in [0.2, 0.25) is 0 Å². The molecule has 1 aromatic carbocycles. The number of carbonyl (C=O) groups excluding carboxylic acids is 2. The first-order chi connectivity index (χ1) is 11.6. The van der Waals surface area contributed by atoms with Crippen molar-refractivity contribution in [1.82, 2.24) is 14.9 Å². The number of nitrogens with one attached hydrogen (secondary N) is 1. The van der Waals surface area contributed by atoms with E-state index in [0.29, 0.717) is 19.6 Å². The maximum absolute atomic E-state index is 12.3. The fourth-order valence-corrected chi connectivity index (χ4v) is 3.02. The van der Waals surface area contributed by atoms with E-state index in [2.05, 4.69) is 10.3 Å². The zero-order chi connectivity index (χ0) is 17.1. The van der Waals surface area contributed by atoms with E-state index < -0.39 is 0 Å². The summed E-state index contributed by atoms with van der Waals surface area (Å²) in [7, 11) is 0. The van der Waals surface area contributed by atoms with Crippen LogP contribution < -0.4 is 10.2 Å². The number of aromatic nitrogens is 2. The van der Waals surface area contributed by atoms with Crippen molar-refractivity contribution < 1.29 is 9.59 Å². The van der Waals surface area contributed by atoms with Crippen LogP contribution in [0.5, 0.6) is 0 Å². The standard InChI is InChI=1S/C18H22N4O2/c1-13-4-3-5-16(14(13)2)22-11-15(10-17(22)23)18(24)20-7-9-21-8-6-19-12-21/h3-6,8,12,15H,7,9-11H2,1-2H3,(H,20,24)/t15-/m0/s1. The van der Waals surface area contributed by atoms with Crippen molar-refractivity contribution in [3.8, 4) is 0 Å². The van der Waals surface area contributed by atoms with Crippen LogP contribution >= 0.6 is 0 Å². The van der Waals surface area contributed by atoms with E-state index in [1.54, 1.807) is 17.4 Å². The van der Waals surface area contributed by atoms with E-state index in [-0.39, 0.29) is 24.2 Å². The Labute approximate surface area is 141 Å². The van der Waals surface area contributed by atoms with E-state index in [1.807, 2.05) is 42.8 Å². The Balaban J connectivity index is 1.59.